The smallest absolute Gasteiger partial charge is 0.471 e. The quantitative estimate of drug-likeness (QED) is 0.738. The summed E-state index contributed by atoms with van der Waals surface area (Å²) in [6, 6.07) is 6.34. The molecule has 1 aromatic heterocycles. The molecule has 1 atom stereocenters. The van der Waals surface area contributed by atoms with Crippen molar-refractivity contribution in [2.24, 2.45) is 0 Å². The maximum atomic E-state index is 12.8. The molecule has 1 fully saturated rings. The van der Waals surface area contributed by atoms with Gasteiger partial charge in [0, 0.05) is 18.9 Å². The second-order valence-corrected chi connectivity index (χ2v) is 7.61. The molecule has 2 aromatic rings. The van der Waals surface area contributed by atoms with Crippen molar-refractivity contribution in [3.63, 3.8) is 0 Å². The average molecular weight is 414 g/mol. The highest BCUT2D eigenvalue weighted by atomic mass is 32.2. The van der Waals surface area contributed by atoms with Crippen LogP contribution in [0, 0.1) is 11.3 Å². The third-order valence-electron chi connectivity index (χ3n) is 3.85. The van der Waals surface area contributed by atoms with Gasteiger partial charge >= 0.3 is 6.36 Å². The first kappa shape index (κ1) is 19.8. The van der Waals surface area contributed by atoms with E-state index < -0.39 is 33.1 Å². The molecule has 1 saturated heterocycles. The summed E-state index contributed by atoms with van der Waals surface area (Å²) in [4.78, 5) is 7.10. The minimum atomic E-state index is -5.03. The van der Waals surface area contributed by atoms with Gasteiger partial charge in [0.15, 0.2) is 0 Å². The number of sulfonamides is 1. The van der Waals surface area contributed by atoms with Crippen molar-refractivity contribution in [1.29, 1.82) is 5.26 Å². The second kappa shape index (κ2) is 7.61. The third-order valence-corrected chi connectivity index (χ3v) is 5.75. The molecule has 0 aliphatic carbocycles. The standard InChI is InChI=1S/C16H13F3N4O4S/c17-16(18,19)27-13-3-1-2-4-14(13)28(24,25)23-8-5-11(10-23)26-15-12(9-20)21-6-7-22-15/h1-4,6-7,11H,5,8,10H2. The van der Waals surface area contributed by atoms with Crippen molar-refractivity contribution in [1.82, 2.24) is 14.3 Å². The predicted octanol–water partition coefficient (Wildman–Crippen LogP) is 2.09. The lowest BCUT2D eigenvalue weighted by Crippen LogP contribution is -2.32. The van der Waals surface area contributed by atoms with E-state index in [9.17, 15) is 21.6 Å². The summed E-state index contributed by atoms with van der Waals surface area (Å²) < 4.78 is 73.7. The van der Waals surface area contributed by atoms with Crippen molar-refractivity contribution >= 4 is 10.0 Å². The van der Waals surface area contributed by atoms with E-state index in [-0.39, 0.29) is 31.1 Å². The van der Waals surface area contributed by atoms with Gasteiger partial charge in [-0.1, -0.05) is 12.1 Å². The number of para-hydroxylation sites is 1. The van der Waals surface area contributed by atoms with E-state index in [2.05, 4.69) is 14.7 Å². The normalized spacial score (nSPS) is 17.9. The van der Waals surface area contributed by atoms with Crippen LogP contribution in [0.25, 0.3) is 0 Å². The van der Waals surface area contributed by atoms with Crippen LogP contribution in [0.4, 0.5) is 13.2 Å². The van der Waals surface area contributed by atoms with Gasteiger partial charge in [0.2, 0.25) is 15.7 Å². The van der Waals surface area contributed by atoms with Gasteiger partial charge in [-0.15, -0.1) is 13.2 Å². The van der Waals surface area contributed by atoms with Gasteiger partial charge in [0.1, 0.15) is 22.8 Å². The van der Waals surface area contributed by atoms with Crippen LogP contribution in [-0.4, -0.2) is 48.2 Å². The molecule has 1 aliphatic rings. The van der Waals surface area contributed by atoms with Crippen LogP contribution >= 0.6 is 0 Å². The summed E-state index contributed by atoms with van der Waals surface area (Å²) >= 11 is 0. The fourth-order valence-corrected chi connectivity index (χ4v) is 4.27. The van der Waals surface area contributed by atoms with Gasteiger partial charge in [-0.2, -0.15) is 9.57 Å². The number of alkyl halides is 3. The summed E-state index contributed by atoms with van der Waals surface area (Å²) in [5, 5.41) is 9.00. The molecule has 0 bridgehead atoms. The fourth-order valence-electron chi connectivity index (χ4n) is 2.67. The highest BCUT2D eigenvalue weighted by Crippen LogP contribution is 2.33. The Kier molecular flexibility index (Phi) is 5.39. The van der Waals surface area contributed by atoms with E-state index in [1.807, 2.05) is 6.07 Å². The number of aromatic nitrogens is 2. The molecule has 3 rings (SSSR count). The Hall–Kier alpha value is -2.91. The van der Waals surface area contributed by atoms with Crippen LogP contribution in [-0.2, 0) is 10.0 Å². The van der Waals surface area contributed by atoms with E-state index in [0.29, 0.717) is 0 Å². The van der Waals surface area contributed by atoms with Crippen LogP contribution in [0.1, 0.15) is 12.1 Å². The van der Waals surface area contributed by atoms with E-state index in [1.165, 1.54) is 24.5 Å². The lowest BCUT2D eigenvalue weighted by molar-refractivity contribution is -0.275. The Labute approximate surface area is 158 Å². The Balaban J connectivity index is 1.79. The summed E-state index contributed by atoms with van der Waals surface area (Å²) in [5.74, 6) is -0.838. The molecule has 28 heavy (non-hydrogen) atoms. The maximum Gasteiger partial charge on any atom is 0.573 e. The number of hydrogen-bond acceptors (Lipinski definition) is 7. The van der Waals surface area contributed by atoms with Gasteiger partial charge in [-0.05, 0) is 18.6 Å². The molecule has 12 heteroatoms. The largest absolute Gasteiger partial charge is 0.573 e. The molecular weight excluding hydrogens is 401 g/mol. The Bertz CT molecular complexity index is 1010. The van der Waals surface area contributed by atoms with Crippen molar-refractivity contribution in [2.75, 3.05) is 13.1 Å². The van der Waals surface area contributed by atoms with Crippen molar-refractivity contribution in [2.45, 2.75) is 23.8 Å². The predicted molar refractivity (Wildman–Crippen MR) is 87.7 cm³/mol. The topological polar surface area (TPSA) is 105 Å². The Morgan fingerprint density at radius 2 is 1.93 bits per heavy atom. The van der Waals surface area contributed by atoms with Gasteiger partial charge in [0.05, 0.1) is 6.54 Å². The summed E-state index contributed by atoms with van der Waals surface area (Å²) in [6.45, 7) is -0.0976. The van der Waals surface area contributed by atoms with E-state index in [4.69, 9.17) is 10.00 Å². The molecule has 8 nitrogen and oxygen atoms in total. The van der Waals surface area contributed by atoms with Crippen LogP contribution in [0.15, 0.2) is 41.6 Å². The minimum Gasteiger partial charge on any atom is -0.471 e. The molecule has 0 amide bonds. The number of nitriles is 1. The number of hydrogen-bond donors (Lipinski definition) is 0. The monoisotopic (exact) mass is 414 g/mol. The van der Waals surface area contributed by atoms with Crippen LogP contribution in [0.2, 0.25) is 0 Å². The summed E-state index contributed by atoms with van der Waals surface area (Å²) in [7, 11) is -4.26. The number of halogens is 3. The highest BCUT2D eigenvalue weighted by Gasteiger charge is 2.38. The number of ether oxygens (including phenoxy) is 2. The van der Waals surface area contributed by atoms with Crippen molar-refractivity contribution < 1.29 is 31.1 Å². The molecule has 2 heterocycles. The molecule has 0 saturated carbocycles. The molecule has 1 unspecified atom stereocenters. The number of benzene rings is 1. The lowest BCUT2D eigenvalue weighted by atomic mass is 10.3. The Morgan fingerprint density at radius 1 is 1.21 bits per heavy atom. The molecule has 0 radical (unpaired) electrons. The third kappa shape index (κ3) is 4.32. The fraction of sp³-hybridized carbons (Fsp3) is 0.312. The lowest BCUT2D eigenvalue weighted by Gasteiger charge is -2.19. The van der Waals surface area contributed by atoms with Crippen LogP contribution in [0.5, 0.6) is 11.6 Å². The molecule has 1 aromatic carbocycles. The van der Waals surface area contributed by atoms with E-state index >= 15 is 0 Å². The number of nitrogens with zero attached hydrogens (tertiary/aromatic N) is 4. The second-order valence-electron chi connectivity index (χ2n) is 5.71. The van der Waals surface area contributed by atoms with Crippen LogP contribution < -0.4 is 9.47 Å². The highest BCUT2D eigenvalue weighted by molar-refractivity contribution is 7.89. The molecule has 1 aliphatic heterocycles. The van der Waals surface area contributed by atoms with Crippen molar-refractivity contribution in [3.8, 4) is 17.7 Å². The molecular formula is C16H13F3N4O4S. The number of rotatable bonds is 5. The SMILES string of the molecule is N#Cc1nccnc1OC1CCN(S(=O)(=O)c2ccccc2OC(F)(F)F)C1. The van der Waals surface area contributed by atoms with Gasteiger partial charge < -0.3 is 9.47 Å². The van der Waals surface area contributed by atoms with Crippen LogP contribution in [0.3, 0.4) is 0 Å². The first-order valence-corrected chi connectivity index (χ1v) is 9.37. The molecule has 0 N–H and O–H groups in total. The molecule has 148 valence electrons. The summed E-state index contributed by atoms with van der Waals surface area (Å²) in [6.07, 6.45) is -2.75. The zero-order valence-corrected chi connectivity index (χ0v) is 14.9. The minimum absolute atomic E-state index is 0.0233. The first-order chi connectivity index (χ1) is 13.2. The zero-order valence-electron chi connectivity index (χ0n) is 14.1. The average Bonchev–Trinajstić information content (AvgIpc) is 3.10. The Morgan fingerprint density at radius 3 is 2.64 bits per heavy atom. The van der Waals surface area contributed by atoms with Gasteiger partial charge in [-0.3, -0.25) is 0 Å². The van der Waals surface area contributed by atoms with Gasteiger partial charge in [0.25, 0.3) is 5.88 Å². The first-order valence-electron chi connectivity index (χ1n) is 7.93. The van der Waals surface area contributed by atoms with Gasteiger partial charge in [-0.25, -0.2) is 18.4 Å². The van der Waals surface area contributed by atoms with E-state index in [0.717, 1.165) is 16.4 Å². The maximum absolute atomic E-state index is 12.8. The molecule has 0 spiro atoms. The van der Waals surface area contributed by atoms with Crippen molar-refractivity contribution in [3.05, 3.63) is 42.4 Å². The zero-order chi connectivity index (χ0) is 20.4. The van der Waals surface area contributed by atoms with E-state index in [1.54, 1.807) is 0 Å². The summed E-state index contributed by atoms with van der Waals surface area (Å²) in [5.41, 5.74) is -0.0484.